The van der Waals surface area contributed by atoms with Gasteiger partial charge in [-0.25, -0.2) is 15.0 Å². The fourth-order valence-electron chi connectivity index (χ4n) is 1.28. The first-order valence-corrected chi connectivity index (χ1v) is 5.08. The Labute approximate surface area is 97.5 Å². The Kier molecular flexibility index (Phi) is 3.29. The molecule has 0 aliphatic carbocycles. The van der Waals surface area contributed by atoms with Crippen LogP contribution in [0.3, 0.4) is 0 Å². The second kappa shape index (κ2) is 5.06. The largest absolute Gasteiger partial charge is 0.382 e. The van der Waals surface area contributed by atoms with Crippen LogP contribution in [0.4, 0.5) is 5.82 Å². The molecule has 1 amide bonds. The van der Waals surface area contributed by atoms with Crippen molar-refractivity contribution < 1.29 is 4.79 Å². The monoisotopic (exact) mass is 232 g/mol. The predicted molar refractivity (Wildman–Crippen MR) is 61.1 cm³/mol. The fourth-order valence-corrected chi connectivity index (χ4v) is 1.28. The molecular formula is C10H12N6O. The maximum Gasteiger partial charge on any atom is 0.271 e. The van der Waals surface area contributed by atoms with E-state index < -0.39 is 0 Å². The maximum atomic E-state index is 11.6. The Morgan fingerprint density at radius 3 is 2.88 bits per heavy atom. The van der Waals surface area contributed by atoms with Gasteiger partial charge in [-0.2, -0.15) is 0 Å². The summed E-state index contributed by atoms with van der Waals surface area (Å²) in [6.07, 6.45) is 6.70. The number of nitrogens with one attached hydrogen (secondary N) is 2. The molecule has 0 spiro atoms. The smallest absolute Gasteiger partial charge is 0.271 e. The number of nitrogen functional groups attached to an aromatic ring is 1. The Bertz CT molecular complexity index is 478. The number of aromatic nitrogens is 4. The van der Waals surface area contributed by atoms with E-state index in [1.807, 2.05) is 0 Å². The number of imidazole rings is 1. The van der Waals surface area contributed by atoms with Gasteiger partial charge in [0.05, 0.1) is 18.7 Å². The van der Waals surface area contributed by atoms with E-state index in [1.54, 1.807) is 12.5 Å². The van der Waals surface area contributed by atoms with E-state index in [2.05, 4.69) is 25.3 Å². The van der Waals surface area contributed by atoms with E-state index in [0.717, 1.165) is 5.69 Å². The van der Waals surface area contributed by atoms with Gasteiger partial charge in [0, 0.05) is 24.9 Å². The summed E-state index contributed by atoms with van der Waals surface area (Å²) in [5.41, 5.74) is 6.59. The van der Waals surface area contributed by atoms with Crippen molar-refractivity contribution in [3.8, 4) is 0 Å². The van der Waals surface area contributed by atoms with Gasteiger partial charge < -0.3 is 16.0 Å². The number of H-pyrrole nitrogens is 1. The molecule has 2 heterocycles. The van der Waals surface area contributed by atoms with Crippen LogP contribution in [-0.4, -0.2) is 32.4 Å². The van der Waals surface area contributed by atoms with E-state index in [0.29, 0.717) is 18.8 Å². The molecule has 0 aromatic carbocycles. The van der Waals surface area contributed by atoms with Crippen molar-refractivity contribution >= 4 is 11.7 Å². The van der Waals surface area contributed by atoms with Crippen LogP contribution in [-0.2, 0) is 6.42 Å². The van der Waals surface area contributed by atoms with Gasteiger partial charge in [0.15, 0.2) is 0 Å². The third-order valence-corrected chi connectivity index (χ3v) is 2.14. The molecule has 0 saturated heterocycles. The molecule has 0 radical (unpaired) electrons. The van der Waals surface area contributed by atoms with Crippen LogP contribution in [0, 0.1) is 0 Å². The van der Waals surface area contributed by atoms with Crippen molar-refractivity contribution in [2.45, 2.75) is 6.42 Å². The summed E-state index contributed by atoms with van der Waals surface area (Å²) in [7, 11) is 0. The normalized spacial score (nSPS) is 10.1. The Balaban J connectivity index is 1.83. The highest BCUT2D eigenvalue weighted by molar-refractivity contribution is 5.91. The van der Waals surface area contributed by atoms with Crippen LogP contribution >= 0.6 is 0 Å². The lowest BCUT2D eigenvalue weighted by Gasteiger charge is -2.03. The van der Waals surface area contributed by atoms with Crippen LogP contribution in [0.1, 0.15) is 16.2 Å². The molecule has 0 unspecified atom stereocenters. The van der Waals surface area contributed by atoms with Crippen molar-refractivity contribution in [3.05, 3.63) is 36.3 Å². The van der Waals surface area contributed by atoms with Gasteiger partial charge in [0.1, 0.15) is 11.5 Å². The maximum absolute atomic E-state index is 11.6. The lowest BCUT2D eigenvalue weighted by molar-refractivity contribution is 0.0949. The molecule has 0 aliphatic rings. The molecule has 17 heavy (non-hydrogen) atoms. The molecule has 0 aliphatic heterocycles. The molecule has 4 N–H and O–H groups in total. The predicted octanol–water partition coefficient (Wildman–Crippen LogP) is -0.246. The molecule has 0 atom stereocenters. The average molecular weight is 232 g/mol. The molecular weight excluding hydrogens is 220 g/mol. The first-order valence-electron chi connectivity index (χ1n) is 5.08. The Morgan fingerprint density at radius 1 is 1.35 bits per heavy atom. The zero-order valence-corrected chi connectivity index (χ0v) is 9.05. The first-order chi connectivity index (χ1) is 8.25. The summed E-state index contributed by atoms with van der Waals surface area (Å²) in [6, 6.07) is 0. The van der Waals surface area contributed by atoms with Crippen molar-refractivity contribution in [1.82, 2.24) is 25.3 Å². The van der Waals surface area contributed by atoms with E-state index >= 15 is 0 Å². The highest BCUT2D eigenvalue weighted by Gasteiger charge is 2.06. The van der Waals surface area contributed by atoms with Gasteiger partial charge in [0.25, 0.3) is 5.91 Å². The number of aromatic amines is 1. The molecule has 2 aromatic rings. The fraction of sp³-hybridized carbons (Fsp3) is 0.200. The summed E-state index contributed by atoms with van der Waals surface area (Å²) >= 11 is 0. The lowest BCUT2D eigenvalue weighted by Crippen LogP contribution is -2.26. The molecule has 0 bridgehead atoms. The zero-order valence-electron chi connectivity index (χ0n) is 9.05. The second-order valence-electron chi connectivity index (χ2n) is 3.41. The summed E-state index contributed by atoms with van der Waals surface area (Å²) in [4.78, 5) is 26.1. The van der Waals surface area contributed by atoms with E-state index in [9.17, 15) is 4.79 Å². The van der Waals surface area contributed by atoms with Crippen LogP contribution in [0.2, 0.25) is 0 Å². The Morgan fingerprint density at radius 2 is 2.24 bits per heavy atom. The summed E-state index contributed by atoms with van der Waals surface area (Å²) < 4.78 is 0. The lowest BCUT2D eigenvalue weighted by atomic mass is 10.3. The standard InChI is InChI=1S/C10H12N6O/c11-9-5-14-8(4-15-9)10(17)13-2-1-7-3-12-6-16-7/h3-6H,1-2H2,(H2,11,15)(H,12,16)(H,13,17). The van der Waals surface area contributed by atoms with Crippen molar-refractivity contribution in [3.63, 3.8) is 0 Å². The number of hydrogen-bond donors (Lipinski definition) is 3. The van der Waals surface area contributed by atoms with Gasteiger partial charge in [-0.15, -0.1) is 0 Å². The number of nitrogens with zero attached hydrogens (tertiary/aromatic N) is 3. The van der Waals surface area contributed by atoms with Crippen molar-refractivity contribution in [1.29, 1.82) is 0 Å². The third kappa shape index (κ3) is 3.00. The van der Waals surface area contributed by atoms with Gasteiger partial charge in [-0.3, -0.25) is 4.79 Å². The number of anilines is 1. The summed E-state index contributed by atoms with van der Waals surface area (Å²) in [5.74, 6) is 0.0241. The number of carbonyl (C=O) groups excluding carboxylic acids is 1. The summed E-state index contributed by atoms with van der Waals surface area (Å²) in [6.45, 7) is 0.507. The highest BCUT2D eigenvalue weighted by atomic mass is 16.1. The van der Waals surface area contributed by atoms with Gasteiger partial charge in [0.2, 0.25) is 0 Å². The quantitative estimate of drug-likeness (QED) is 0.673. The Hall–Kier alpha value is -2.44. The average Bonchev–Trinajstić information content (AvgIpc) is 2.83. The van der Waals surface area contributed by atoms with Gasteiger partial charge >= 0.3 is 0 Å². The minimum absolute atomic E-state index is 0.254. The van der Waals surface area contributed by atoms with Crippen LogP contribution in [0.5, 0.6) is 0 Å². The number of rotatable bonds is 4. The molecule has 0 saturated carbocycles. The first kappa shape index (κ1) is 11.1. The zero-order chi connectivity index (χ0) is 12.1. The molecule has 2 rings (SSSR count). The van der Waals surface area contributed by atoms with Crippen LogP contribution < -0.4 is 11.1 Å². The van der Waals surface area contributed by atoms with Gasteiger partial charge in [-0.1, -0.05) is 0 Å². The highest BCUT2D eigenvalue weighted by Crippen LogP contribution is 1.96. The second-order valence-corrected chi connectivity index (χ2v) is 3.41. The topological polar surface area (TPSA) is 110 Å². The molecule has 7 nitrogen and oxygen atoms in total. The van der Waals surface area contributed by atoms with E-state index in [-0.39, 0.29) is 11.6 Å². The minimum atomic E-state index is -0.267. The number of amides is 1. The van der Waals surface area contributed by atoms with Crippen LogP contribution in [0.25, 0.3) is 0 Å². The number of hydrogen-bond acceptors (Lipinski definition) is 5. The number of nitrogens with two attached hydrogens (primary N) is 1. The van der Waals surface area contributed by atoms with E-state index in [1.165, 1.54) is 12.4 Å². The molecule has 2 aromatic heterocycles. The van der Waals surface area contributed by atoms with Crippen molar-refractivity contribution in [2.75, 3.05) is 12.3 Å². The van der Waals surface area contributed by atoms with Gasteiger partial charge in [-0.05, 0) is 0 Å². The van der Waals surface area contributed by atoms with Crippen molar-refractivity contribution in [2.24, 2.45) is 0 Å². The van der Waals surface area contributed by atoms with Crippen LogP contribution in [0.15, 0.2) is 24.9 Å². The summed E-state index contributed by atoms with van der Waals surface area (Å²) in [5, 5.41) is 2.73. The molecule has 0 fully saturated rings. The van der Waals surface area contributed by atoms with E-state index in [4.69, 9.17) is 5.73 Å². The minimum Gasteiger partial charge on any atom is -0.382 e. The molecule has 88 valence electrons. The molecule has 7 heteroatoms. The SMILES string of the molecule is Nc1cnc(C(=O)NCCc2cnc[nH]2)cn1. The number of carbonyl (C=O) groups is 1. The third-order valence-electron chi connectivity index (χ3n) is 2.14.